The van der Waals surface area contributed by atoms with Crippen LogP contribution in [0.15, 0.2) is 109 Å². The van der Waals surface area contributed by atoms with Crippen LogP contribution in [0.3, 0.4) is 0 Å². The normalized spacial score (nSPS) is 13.4. The van der Waals surface area contributed by atoms with Gasteiger partial charge in [0.1, 0.15) is 0 Å². The fourth-order valence-corrected chi connectivity index (χ4v) is 5.99. The van der Waals surface area contributed by atoms with Gasteiger partial charge in [-0.05, 0) is 104 Å². The second kappa shape index (κ2) is 12.0. The van der Waals surface area contributed by atoms with Crippen LogP contribution in [-0.4, -0.2) is 0 Å². The van der Waals surface area contributed by atoms with Crippen LogP contribution >= 0.6 is 0 Å². The third-order valence-corrected chi connectivity index (χ3v) is 8.90. The highest BCUT2D eigenvalue weighted by atomic mass is 15.1. The van der Waals surface area contributed by atoms with Crippen molar-refractivity contribution in [2.24, 2.45) is 0 Å². The molecule has 1 aliphatic rings. The van der Waals surface area contributed by atoms with E-state index in [9.17, 15) is 0 Å². The van der Waals surface area contributed by atoms with Crippen molar-refractivity contribution in [1.82, 2.24) is 0 Å². The number of aryl methyl sites for hydroxylation is 4. The molecule has 0 saturated carbocycles. The van der Waals surface area contributed by atoms with Gasteiger partial charge < -0.3 is 4.90 Å². The quantitative estimate of drug-likeness (QED) is 0.210. The monoisotopic (exact) mass is 551 g/mol. The molecule has 0 heterocycles. The summed E-state index contributed by atoms with van der Waals surface area (Å²) in [5.41, 5.74) is 16.1. The Morgan fingerprint density at radius 2 is 0.881 bits per heavy atom. The average Bonchev–Trinajstić information content (AvgIpc) is 3.20. The van der Waals surface area contributed by atoms with Gasteiger partial charge in [-0.3, -0.25) is 0 Å². The molecule has 0 aliphatic heterocycles. The van der Waals surface area contributed by atoms with Crippen molar-refractivity contribution in [1.29, 1.82) is 0 Å². The number of rotatable bonds is 5. The molecule has 1 unspecified atom stereocenters. The fraction of sp³-hybridized carbons (Fsp3) is 0.268. The zero-order chi connectivity index (χ0) is 30.0. The molecule has 0 fully saturated rings. The summed E-state index contributed by atoms with van der Waals surface area (Å²) >= 11 is 0. The highest BCUT2D eigenvalue weighted by molar-refractivity contribution is 5.81. The number of anilines is 3. The van der Waals surface area contributed by atoms with Gasteiger partial charge in [0.2, 0.25) is 0 Å². The summed E-state index contributed by atoms with van der Waals surface area (Å²) in [6.45, 7) is 17.8. The van der Waals surface area contributed by atoms with E-state index < -0.39 is 0 Å². The molecule has 214 valence electrons. The minimum absolute atomic E-state index is 0.142. The highest BCUT2D eigenvalue weighted by Gasteiger charge is 2.35. The van der Waals surface area contributed by atoms with Gasteiger partial charge in [-0.1, -0.05) is 123 Å². The maximum absolute atomic E-state index is 2.34. The lowest BCUT2D eigenvalue weighted by atomic mass is 9.81. The van der Waals surface area contributed by atoms with E-state index in [0.29, 0.717) is 5.92 Å². The van der Waals surface area contributed by atoms with Gasteiger partial charge >= 0.3 is 0 Å². The summed E-state index contributed by atoms with van der Waals surface area (Å²) < 4.78 is 0. The van der Waals surface area contributed by atoms with Crippen LogP contribution in [0.5, 0.6) is 0 Å². The molecule has 1 atom stereocenters. The molecule has 0 bridgehead atoms. The summed E-state index contributed by atoms with van der Waals surface area (Å²) in [7, 11) is 0. The van der Waals surface area contributed by atoms with Gasteiger partial charge in [-0.25, -0.2) is 0 Å². The van der Waals surface area contributed by atoms with E-state index in [1.54, 1.807) is 0 Å². The molecule has 0 saturated heterocycles. The number of hydrogen-bond donors (Lipinski definition) is 0. The molecular weight excluding hydrogens is 506 g/mol. The first-order valence-corrected chi connectivity index (χ1v) is 15.3. The second-order valence-electron chi connectivity index (χ2n) is 12.6. The minimum Gasteiger partial charge on any atom is -0.311 e. The van der Waals surface area contributed by atoms with Crippen molar-refractivity contribution < 1.29 is 0 Å². The third-order valence-electron chi connectivity index (χ3n) is 8.90. The second-order valence-corrected chi connectivity index (χ2v) is 12.6. The third kappa shape index (κ3) is 5.93. The van der Waals surface area contributed by atoms with E-state index in [-0.39, 0.29) is 5.41 Å². The van der Waals surface area contributed by atoms with Crippen LogP contribution in [0, 0.1) is 27.7 Å². The van der Waals surface area contributed by atoms with Gasteiger partial charge in [-0.2, -0.15) is 0 Å². The van der Waals surface area contributed by atoms with Gasteiger partial charge in [0, 0.05) is 22.5 Å². The van der Waals surface area contributed by atoms with Gasteiger partial charge in [-0.15, -0.1) is 0 Å². The first-order valence-electron chi connectivity index (χ1n) is 15.3. The van der Waals surface area contributed by atoms with Crippen LogP contribution in [0.1, 0.15) is 79.0 Å². The molecule has 5 aromatic rings. The Morgan fingerprint density at radius 1 is 0.524 bits per heavy atom. The van der Waals surface area contributed by atoms with E-state index in [4.69, 9.17) is 0 Å². The fourth-order valence-electron chi connectivity index (χ4n) is 5.99. The zero-order valence-corrected chi connectivity index (χ0v) is 26.6. The number of hydrogen-bond acceptors (Lipinski definition) is 1. The Labute approximate surface area is 253 Å². The first kappa shape index (κ1) is 29.4. The molecular formula is C41H45N. The Morgan fingerprint density at radius 3 is 1.26 bits per heavy atom. The van der Waals surface area contributed by atoms with Crippen molar-refractivity contribution in [3.63, 3.8) is 0 Å². The maximum atomic E-state index is 2.34. The van der Waals surface area contributed by atoms with Crippen molar-refractivity contribution in [2.75, 3.05) is 4.90 Å². The summed E-state index contributed by atoms with van der Waals surface area (Å²) in [6.07, 6.45) is 1.17. The molecule has 0 aromatic heterocycles. The number of fused-ring (bicyclic) bond motifs is 3. The lowest BCUT2D eigenvalue weighted by Crippen LogP contribution is -2.15. The predicted octanol–water partition coefficient (Wildman–Crippen LogP) is 11.9. The van der Waals surface area contributed by atoms with Crippen molar-refractivity contribution in [3.05, 3.63) is 148 Å². The highest BCUT2D eigenvalue weighted by Crippen LogP contribution is 2.49. The zero-order valence-electron chi connectivity index (χ0n) is 26.6. The molecule has 6 rings (SSSR count). The van der Waals surface area contributed by atoms with Crippen molar-refractivity contribution in [2.45, 2.75) is 73.1 Å². The minimum atomic E-state index is 0.142. The number of nitrogens with zero attached hydrogens (tertiary/aromatic N) is 1. The molecule has 5 aromatic carbocycles. The van der Waals surface area contributed by atoms with Crippen molar-refractivity contribution >= 4 is 17.1 Å². The van der Waals surface area contributed by atoms with Crippen LogP contribution in [0.25, 0.3) is 11.1 Å². The molecule has 1 aliphatic carbocycles. The lowest BCUT2D eigenvalue weighted by molar-refractivity contribution is 0.659. The summed E-state index contributed by atoms with van der Waals surface area (Å²) in [6, 6.07) is 40.1. The SMILES string of the molecule is CCC(C)c1ccc(N(c2ccc(C)cc2)c2ccc(C)cc2)cc1.Cc1ccc2c(c1)C(C)(C)c1cc(C)ccc1-2. The van der Waals surface area contributed by atoms with E-state index in [1.807, 2.05) is 0 Å². The van der Waals surface area contributed by atoms with Gasteiger partial charge in [0.25, 0.3) is 0 Å². The molecule has 0 amide bonds. The summed E-state index contributed by atoms with van der Waals surface area (Å²) in [5.74, 6) is 0.598. The Hall–Kier alpha value is -4.10. The van der Waals surface area contributed by atoms with Crippen molar-refractivity contribution in [3.8, 4) is 11.1 Å². The maximum Gasteiger partial charge on any atom is 0.0461 e. The lowest BCUT2D eigenvalue weighted by Gasteiger charge is -2.26. The van der Waals surface area contributed by atoms with E-state index in [2.05, 4.69) is 169 Å². The first-order chi connectivity index (χ1) is 20.1. The van der Waals surface area contributed by atoms with E-state index in [1.165, 1.54) is 73.6 Å². The van der Waals surface area contributed by atoms with Gasteiger partial charge in [0.15, 0.2) is 0 Å². The largest absolute Gasteiger partial charge is 0.311 e. The molecule has 0 spiro atoms. The van der Waals surface area contributed by atoms with Crippen LogP contribution in [-0.2, 0) is 5.41 Å². The topological polar surface area (TPSA) is 3.24 Å². The Kier molecular flexibility index (Phi) is 8.41. The van der Waals surface area contributed by atoms with Crippen LogP contribution < -0.4 is 4.90 Å². The van der Waals surface area contributed by atoms with Crippen LogP contribution in [0.4, 0.5) is 17.1 Å². The summed E-state index contributed by atoms with van der Waals surface area (Å²) in [4.78, 5) is 2.32. The Balaban J connectivity index is 0.000000180. The van der Waals surface area contributed by atoms with Crippen LogP contribution in [0.2, 0.25) is 0 Å². The van der Waals surface area contributed by atoms with Gasteiger partial charge in [0.05, 0.1) is 0 Å². The predicted molar refractivity (Wildman–Crippen MR) is 183 cm³/mol. The van der Waals surface area contributed by atoms with E-state index >= 15 is 0 Å². The standard InChI is InChI=1S/C24H27N.C17H18/c1-5-20(4)21-10-16-24(17-11-21)25(22-12-6-18(2)7-13-22)23-14-8-19(3)9-15-23;1-11-5-7-13-14-8-6-12(2)10-16(14)17(3,4)15(13)9-11/h6-17,20H,5H2,1-4H3;5-10H,1-4H3. The molecule has 1 heteroatoms. The Bertz CT molecular complexity index is 1560. The smallest absolute Gasteiger partial charge is 0.0461 e. The molecule has 0 radical (unpaired) electrons. The number of benzene rings is 5. The molecule has 1 nitrogen and oxygen atoms in total. The summed E-state index contributed by atoms with van der Waals surface area (Å²) in [5, 5.41) is 0. The van der Waals surface area contributed by atoms with E-state index in [0.717, 1.165) is 0 Å². The molecule has 0 N–H and O–H groups in total. The average molecular weight is 552 g/mol. The molecule has 42 heavy (non-hydrogen) atoms.